The minimum absolute atomic E-state index is 0.00990. The fraction of sp³-hybridized carbons (Fsp3) is 0.560. The summed E-state index contributed by atoms with van der Waals surface area (Å²) < 4.78 is 30.0. The van der Waals surface area contributed by atoms with Gasteiger partial charge < -0.3 is 14.5 Å². The van der Waals surface area contributed by atoms with Gasteiger partial charge >= 0.3 is 6.09 Å². The molecule has 0 bridgehead atoms. The van der Waals surface area contributed by atoms with E-state index < -0.39 is 9.84 Å². The fourth-order valence-electron chi connectivity index (χ4n) is 4.68. The highest BCUT2D eigenvalue weighted by molar-refractivity contribution is 7.91. The number of aromatic nitrogens is 2. The van der Waals surface area contributed by atoms with Gasteiger partial charge in [-0.1, -0.05) is 37.3 Å². The molecule has 0 N–H and O–H groups in total. The van der Waals surface area contributed by atoms with Crippen molar-refractivity contribution in [3.63, 3.8) is 0 Å². The molecule has 1 aromatic heterocycles. The molecule has 2 atom stereocenters. The molecule has 0 radical (unpaired) electrons. The summed E-state index contributed by atoms with van der Waals surface area (Å²) in [6.45, 7) is 9.37. The molecular weight excluding hydrogens is 466 g/mol. The van der Waals surface area contributed by atoms with Crippen molar-refractivity contribution in [2.75, 3.05) is 36.8 Å². The zero-order valence-corrected chi connectivity index (χ0v) is 21.5. The molecule has 0 spiro atoms. The highest BCUT2D eigenvalue weighted by Crippen LogP contribution is 2.23. The molecule has 0 aliphatic carbocycles. The average Bonchev–Trinajstić information content (AvgIpc) is 2.87. The lowest BCUT2D eigenvalue weighted by atomic mass is 10.1. The first-order valence-corrected chi connectivity index (χ1v) is 14.0. The number of piperidine rings is 1. The zero-order chi connectivity index (χ0) is 25.0. The van der Waals surface area contributed by atoms with E-state index in [2.05, 4.69) is 39.1 Å². The number of anilines is 1. The Morgan fingerprint density at radius 1 is 1.03 bits per heavy atom. The van der Waals surface area contributed by atoms with Gasteiger partial charge in [-0.05, 0) is 32.3 Å². The van der Waals surface area contributed by atoms with Crippen LogP contribution in [0.4, 0.5) is 10.7 Å². The normalized spacial score (nSPS) is 22.3. The van der Waals surface area contributed by atoms with Gasteiger partial charge in [0.1, 0.15) is 11.0 Å². The van der Waals surface area contributed by atoms with Crippen LogP contribution in [0.3, 0.4) is 0 Å². The van der Waals surface area contributed by atoms with Crippen LogP contribution in [0.25, 0.3) is 0 Å². The number of ether oxygens (including phenoxy) is 1. The SMILES string of the molecule is CCS(=O)(=O)c1cnc(N2C[C@@H](C)N(C(=O)OC3CCN(Cc4ccccc4)CC3)C[C@@H]2C)nc1. The summed E-state index contributed by atoms with van der Waals surface area (Å²) in [5.74, 6) is 0.480. The quantitative estimate of drug-likeness (QED) is 0.596. The van der Waals surface area contributed by atoms with Crippen LogP contribution >= 0.6 is 0 Å². The van der Waals surface area contributed by atoms with Gasteiger partial charge in [0.05, 0.1) is 18.1 Å². The third-order valence-corrected chi connectivity index (χ3v) is 8.57. The summed E-state index contributed by atoms with van der Waals surface area (Å²) in [7, 11) is -3.34. The molecule has 3 heterocycles. The largest absolute Gasteiger partial charge is 0.446 e. The first-order valence-electron chi connectivity index (χ1n) is 12.3. The second-order valence-electron chi connectivity index (χ2n) is 9.47. The Kier molecular flexibility index (Phi) is 7.91. The lowest BCUT2D eigenvalue weighted by Crippen LogP contribution is -2.59. The van der Waals surface area contributed by atoms with Gasteiger partial charge in [-0.15, -0.1) is 0 Å². The molecule has 9 nitrogen and oxygen atoms in total. The Bertz CT molecular complexity index is 1090. The molecule has 1 aromatic carbocycles. The summed E-state index contributed by atoms with van der Waals surface area (Å²) in [5.41, 5.74) is 1.30. The molecule has 0 saturated carbocycles. The molecule has 0 unspecified atom stereocenters. The van der Waals surface area contributed by atoms with Crippen molar-refractivity contribution in [3.05, 3.63) is 48.3 Å². The lowest BCUT2D eigenvalue weighted by molar-refractivity contribution is 0.0165. The summed E-state index contributed by atoms with van der Waals surface area (Å²) in [6.07, 6.45) is 4.07. The van der Waals surface area contributed by atoms with Crippen LogP contribution in [0.5, 0.6) is 0 Å². The number of amides is 1. The topological polar surface area (TPSA) is 95.9 Å². The first kappa shape index (κ1) is 25.4. The van der Waals surface area contributed by atoms with E-state index in [4.69, 9.17) is 4.74 Å². The molecule has 2 aliphatic heterocycles. The number of nitrogens with zero attached hydrogens (tertiary/aromatic N) is 5. The van der Waals surface area contributed by atoms with Crippen LogP contribution in [0.15, 0.2) is 47.6 Å². The van der Waals surface area contributed by atoms with Gasteiger partial charge in [0.15, 0.2) is 9.84 Å². The maximum atomic E-state index is 13.0. The Hall–Kier alpha value is -2.72. The number of hydrogen-bond acceptors (Lipinski definition) is 8. The third kappa shape index (κ3) is 6.10. The standard InChI is InChI=1S/C25H35N5O4S/c1-4-35(32,33)23-14-26-24(27-15-23)29-16-20(3)30(17-19(29)2)25(31)34-22-10-12-28(13-11-22)18-21-8-6-5-7-9-21/h5-9,14-15,19-20,22H,4,10-13,16-18H2,1-3H3/t19-,20+/m0/s1. The van der Waals surface area contributed by atoms with Crippen LogP contribution < -0.4 is 4.90 Å². The molecule has 190 valence electrons. The van der Waals surface area contributed by atoms with Crippen molar-refractivity contribution in [1.82, 2.24) is 19.8 Å². The van der Waals surface area contributed by atoms with Gasteiger partial charge in [0.25, 0.3) is 0 Å². The molecule has 10 heteroatoms. The Morgan fingerprint density at radius 3 is 2.31 bits per heavy atom. The van der Waals surface area contributed by atoms with Gasteiger partial charge in [-0.3, -0.25) is 4.90 Å². The maximum absolute atomic E-state index is 13.0. The van der Waals surface area contributed by atoms with Crippen molar-refractivity contribution in [2.45, 2.75) is 63.2 Å². The predicted molar refractivity (Wildman–Crippen MR) is 134 cm³/mol. The summed E-state index contributed by atoms with van der Waals surface area (Å²) >= 11 is 0. The molecule has 2 aliphatic rings. The van der Waals surface area contributed by atoms with E-state index in [1.807, 2.05) is 24.8 Å². The van der Waals surface area contributed by atoms with E-state index in [1.165, 1.54) is 18.0 Å². The molecule has 4 rings (SSSR count). The number of sulfone groups is 1. The zero-order valence-electron chi connectivity index (χ0n) is 20.7. The number of benzene rings is 1. The highest BCUT2D eigenvalue weighted by atomic mass is 32.2. The van der Waals surface area contributed by atoms with Crippen molar-refractivity contribution in [2.24, 2.45) is 0 Å². The number of carbonyl (C=O) groups excluding carboxylic acids is 1. The Balaban J connectivity index is 1.29. The lowest BCUT2D eigenvalue weighted by Gasteiger charge is -2.44. The fourth-order valence-corrected chi connectivity index (χ4v) is 5.44. The molecule has 35 heavy (non-hydrogen) atoms. The molecular formula is C25H35N5O4S. The Morgan fingerprint density at radius 2 is 1.69 bits per heavy atom. The highest BCUT2D eigenvalue weighted by Gasteiger charge is 2.35. The Labute approximate surface area is 208 Å². The van der Waals surface area contributed by atoms with Crippen molar-refractivity contribution >= 4 is 21.9 Å². The van der Waals surface area contributed by atoms with E-state index in [0.29, 0.717) is 19.0 Å². The van der Waals surface area contributed by atoms with E-state index in [0.717, 1.165) is 32.5 Å². The summed E-state index contributed by atoms with van der Waals surface area (Å²) in [6, 6.07) is 10.3. The minimum atomic E-state index is -3.34. The van der Waals surface area contributed by atoms with E-state index in [1.54, 1.807) is 11.8 Å². The number of likely N-dealkylation sites (tertiary alicyclic amines) is 1. The van der Waals surface area contributed by atoms with Crippen molar-refractivity contribution in [3.8, 4) is 0 Å². The van der Waals surface area contributed by atoms with Gasteiger partial charge in [-0.25, -0.2) is 23.2 Å². The van der Waals surface area contributed by atoms with Gasteiger partial charge in [-0.2, -0.15) is 0 Å². The van der Waals surface area contributed by atoms with Crippen LogP contribution in [0.1, 0.15) is 39.2 Å². The van der Waals surface area contributed by atoms with Crippen molar-refractivity contribution < 1.29 is 17.9 Å². The number of rotatable bonds is 6. The van der Waals surface area contributed by atoms with E-state index in [-0.39, 0.29) is 34.9 Å². The van der Waals surface area contributed by atoms with E-state index in [9.17, 15) is 13.2 Å². The van der Waals surface area contributed by atoms with Crippen LogP contribution in [0.2, 0.25) is 0 Å². The van der Waals surface area contributed by atoms with Crippen LogP contribution in [-0.4, -0.2) is 84.4 Å². The van der Waals surface area contributed by atoms with Gasteiger partial charge in [0.2, 0.25) is 5.95 Å². The number of carbonyl (C=O) groups is 1. The second kappa shape index (κ2) is 10.9. The average molecular weight is 502 g/mol. The summed E-state index contributed by atoms with van der Waals surface area (Å²) in [4.78, 5) is 27.9. The second-order valence-corrected chi connectivity index (χ2v) is 11.7. The summed E-state index contributed by atoms with van der Waals surface area (Å²) in [5, 5.41) is 0. The van der Waals surface area contributed by atoms with Crippen LogP contribution in [0, 0.1) is 0 Å². The van der Waals surface area contributed by atoms with Crippen LogP contribution in [-0.2, 0) is 21.1 Å². The number of hydrogen-bond donors (Lipinski definition) is 0. The smallest absolute Gasteiger partial charge is 0.410 e. The maximum Gasteiger partial charge on any atom is 0.410 e. The molecule has 2 aromatic rings. The first-order chi connectivity index (χ1) is 16.8. The monoisotopic (exact) mass is 501 g/mol. The van der Waals surface area contributed by atoms with Crippen molar-refractivity contribution in [1.29, 1.82) is 0 Å². The predicted octanol–water partition coefficient (Wildman–Crippen LogP) is 2.97. The third-order valence-electron chi connectivity index (χ3n) is 6.88. The molecule has 2 fully saturated rings. The van der Waals surface area contributed by atoms with E-state index >= 15 is 0 Å². The van der Waals surface area contributed by atoms with Gasteiger partial charge in [0, 0.05) is 44.8 Å². The number of piperazine rings is 1. The minimum Gasteiger partial charge on any atom is -0.446 e. The molecule has 1 amide bonds. The molecule has 2 saturated heterocycles.